The maximum Gasteiger partial charge on any atom is 0.240 e. The van der Waals surface area contributed by atoms with Crippen LogP contribution in [0.25, 0.3) is 11.0 Å². The Bertz CT molecular complexity index is 875. The minimum atomic E-state index is -3.67. The Balaban J connectivity index is 1.87. The van der Waals surface area contributed by atoms with Crippen LogP contribution in [0.1, 0.15) is 5.56 Å². The summed E-state index contributed by atoms with van der Waals surface area (Å²) in [7, 11) is -3.67. The fourth-order valence-corrected chi connectivity index (χ4v) is 2.95. The number of rotatable bonds is 4. The van der Waals surface area contributed by atoms with E-state index in [1.165, 1.54) is 18.2 Å². The van der Waals surface area contributed by atoms with Crippen molar-refractivity contribution >= 4 is 21.1 Å². The summed E-state index contributed by atoms with van der Waals surface area (Å²) in [5.74, 6) is 0. The predicted octanol–water partition coefficient (Wildman–Crippen LogP) is 1.15. The summed E-state index contributed by atoms with van der Waals surface area (Å²) in [6.45, 7) is 0.192. The highest BCUT2D eigenvalue weighted by molar-refractivity contribution is 7.89. The molecule has 1 heterocycles. The molecule has 0 atom stereocenters. The van der Waals surface area contributed by atoms with Crippen LogP contribution in [0.15, 0.2) is 53.4 Å². The topological polar surface area (TPSA) is 97.1 Å². The van der Waals surface area contributed by atoms with E-state index in [1.54, 1.807) is 0 Å². The van der Waals surface area contributed by atoms with E-state index in [2.05, 4.69) is 15.0 Å². The molecule has 0 saturated carbocycles. The van der Waals surface area contributed by atoms with Crippen LogP contribution in [0.2, 0.25) is 0 Å². The van der Waals surface area contributed by atoms with Crippen molar-refractivity contribution in [1.82, 2.24) is 19.9 Å². The Labute approximate surface area is 120 Å². The molecule has 0 fully saturated rings. The highest BCUT2D eigenvalue weighted by Crippen LogP contribution is 2.16. The minimum absolute atomic E-state index is 0.0449. The summed E-state index contributed by atoms with van der Waals surface area (Å²) < 4.78 is 27.0. The molecule has 0 aliphatic carbocycles. The van der Waals surface area contributed by atoms with E-state index in [-0.39, 0.29) is 17.0 Å². The van der Waals surface area contributed by atoms with Gasteiger partial charge in [0.25, 0.3) is 0 Å². The van der Waals surface area contributed by atoms with Crippen molar-refractivity contribution in [2.75, 3.05) is 0 Å². The number of benzene rings is 2. The van der Waals surface area contributed by atoms with Crippen molar-refractivity contribution < 1.29 is 13.6 Å². The average molecular weight is 304 g/mol. The number of nitrogens with one attached hydrogen (secondary N) is 1. The Hall–Kier alpha value is -2.45. The van der Waals surface area contributed by atoms with Crippen molar-refractivity contribution in [3.8, 4) is 0 Å². The first-order valence-electron chi connectivity index (χ1n) is 6.14. The summed E-state index contributed by atoms with van der Waals surface area (Å²) >= 11 is 0. The molecule has 0 aliphatic rings. The fraction of sp³-hybridized carbons (Fsp3) is 0.0769. The van der Waals surface area contributed by atoms with E-state index in [9.17, 15) is 13.6 Å². The van der Waals surface area contributed by atoms with Gasteiger partial charge in [-0.25, -0.2) is 13.1 Å². The van der Waals surface area contributed by atoms with E-state index in [0.717, 1.165) is 5.56 Å². The molecule has 7 nitrogen and oxygen atoms in total. The van der Waals surface area contributed by atoms with Gasteiger partial charge in [0.2, 0.25) is 10.0 Å². The predicted molar refractivity (Wildman–Crippen MR) is 75.2 cm³/mol. The average Bonchev–Trinajstić information content (AvgIpc) is 2.87. The molecule has 0 spiro atoms. The quantitative estimate of drug-likeness (QED) is 0.705. The van der Waals surface area contributed by atoms with Crippen LogP contribution in [0, 0.1) is 0 Å². The van der Waals surface area contributed by atoms with Crippen molar-refractivity contribution in [1.29, 1.82) is 0 Å². The molecule has 0 radical (unpaired) electrons. The molecule has 0 unspecified atom stereocenters. The lowest BCUT2D eigenvalue weighted by Gasteiger charge is -2.07. The van der Waals surface area contributed by atoms with Crippen LogP contribution in [0.4, 0.5) is 0 Å². The molecule has 3 aromatic rings. The second-order valence-electron chi connectivity index (χ2n) is 4.44. The fourth-order valence-electron chi connectivity index (χ4n) is 1.91. The Morgan fingerprint density at radius 3 is 2.67 bits per heavy atom. The van der Waals surface area contributed by atoms with Crippen molar-refractivity contribution in [3.05, 3.63) is 54.1 Å². The lowest BCUT2D eigenvalue weighted by molar-refractivity contribution is 0.154. The van der Waals surface area contributed by atoms with Gasteiger partial charge in [-0.3, -0.25) is 0 Å². The molecule has 0 aliphatic heterocycles. The zero-order valence-corrected chi connectivity index (χ0v) is 11.7. The lowest BCUT2D eigenvalue weighted by Crippen LogP contribution is -2.23. The first kappa shape index (κ1) is 13.5. The monoisotopic (exact) mass is 304 g/mol. The van der Waals surface area contributed by atoms with Crippen LogP contribution in [-0.4, -0.2) is 28.8 Å². The molecule has 0 amide bonds. The minimum Gasteiger partial charge on any atom is -0.410 e. The molecule has 1 aromatic heterocycles. The highest BCUT2D eigenvalue weighted by atomic mass is 32.2. The molecule has 3 rings (SSSR count). The van der Waals surface area contributed by atoms with Crippen LogP contribution >= 0.6 is 0 Å². The molecule has 0 saturated heterocycles. The standard InChI is InChI=1S/C13H12N4O3S/c18-17-13-8-11(6-7-12(13)15-16-17)21(19,20)14-9-10-4-2-1-3-5-10/h1-8,14,18H,9H2. The molecule has 2 aromatic carbocycles. The Morgan fingerprint density at radius 2 is 1.90 bits per heavy atom. The molecule has 2 N–H and O–H groups in total. The van der Waals surface area contributed by atoms with E-state index < -0.39 is 10.0 Å². The second kappa shape index (κ2) is 5.15. The van der Waals surface area contributed by atoms with E-state index >= 15 is 0 Å². The van der Waals surface area contributed by atoms with Gasteiger partial charge in [0.15, 0.2) is 0 Å². The first-order valence-corrected chi connectivity index (χ1v) is 7.63. The number of nitrogens with zero attached hydrogens (tertiary/aromatic N) is 3. The Morgan fingerprint density at radius 1 is 1.14 bits per heavy atom. The van der Waals surface area contributed by atoms with Gasteiger partial charge in [-0.15, -0.1) is 5.10 Å². The summed E-state index contributed by atoms with van der Waals surface area (Å²) in [6, 6.07) is 13.4. The smallest absolute Gasteiger partial charge is 0.240 e. The number of fused-ring (bicyclic) bond motifs is 1. The third kappa shape index (κ3) is 2.71. The van der Waals surface area contributed by atoms with E-state index in [4.69, 9.17) is 0 Å². The van der Waals surface area contributed by atoms with E-state index in [0.29, 0.717) is 10.4 Å². The van der Waals surface area contributed by atoms with Gasteiger partial charge >= 0.3 is 0 Å². The van der Waals surface area contributed by atoms with Gasteiger partial charge in [0.1, 0.15) is 11.0 Å². The molecule has 8 heteroatoms. The zero-order valence-electron chi connectivity index (χ0n) is 10.8. The molecule has 0 bridgehead atoms. The van der Waals surface area contributed by atoms with Crippen LogP contribution in [0.5, 0.6) is 0 Å². The molecular formula is C13H12N4O3S. The van der Waals surface area contributed by atoms with Gasteiger partial charge in [-0.05, 0) is 29.0 Å². The maximum absolute atomic E-state index is 12.2. The number of hydrogen-bond donors (Lipinski definition) is 2. The van der Waals surface area contributed by atoms with E-state index in [1.807, 2.05) is 30.3 Å². The third-order valence-corrected chi connectivity index (χ3v) is 4.42. The second-order valence-corrected chi connectivity index (χ2v) is 6.21. The van der Waals surface area contributed by atoms with Gasteiger partial charge in [-0.2, -0.15) is 0 Å². The summed E-state index contributed by atoms with van der Waals surface area (Å²) in [5.41, 5.74) is 1.51. The van der Waals surface area contributed by atoms with Gasteiger partial charge < -0.3 is 5.21 Å². The van der Waals surface area contributed by atoms with Crippen molar-refractivity contribution in [2.45, 2.75) is 11.4 Å². The van der Waals surface area contributed by atoms with Crippen LogP contribution in [-0.2, 0) is 16.6 Å². The third-order valence-electron chi connectivity index (χ3n) is 3.02. The Kier molecular flexibility index (Phi) is 3.32. The summed E-state index contributed by atoms with van der Waals surface area (Å²) in [6.07, 6.45) is 0. The number of sulfonamides is 1. The number of hydrogen-bond acceptors (Lipinski definition) is 5. The molecular weight excluding hydrogens is 292 g/mol. The largest absolute Gasteiger partial charge is 0.410 e. The van der Waals surface area contributed by atoms with Gasteiger partial charge in [0, 0.05) is 6.54 Å². The van der Waals surface area contributed by atoms with Crippen LogP contribution < -0.4 is 4.72 Å². The summed E-state index contributed by atoms with van der Waals surface area (Å²) in [4.78, 5) is 0.592. The summed E-state index contributed by atoms with van der Waals surface area (Å²) in [5, 5.41) is 16.5. The van der Waals surface area contributed by atoms with Gasteiger partial charge in [0.05, 0.1) is 4.90 Å². The normalized spacial score (nSPS) is 11.8. The zero-order chi connectivity index (χ0) is 14.9. The van der Waals surface area contributed by atoms with Crippen molar-refractivity contribution in [3.63, 3.8) is 0 Å². The SMILES string of the molecule is O=S(=O)(NCc1ccccc1)c1ccc2nnn(O)c2c1. The van der Waals surface area contributed by atoms with Crippen molar-refractivity contribution in [2.24, 2.45) is 0 Å². The van der Waals surface area contributed by atoms with Crippen LogP contribution in [0.3, 0.4) is 0 Å². The number of aromatic nitrogens is 3. The molecule has 108 valence electrons. The van der Waals surface area contributed by atoms with Gasteiger partial charge in [-0.1, -0.05) is 35.2 Å². The molecule has 21 heavy (non-hydrogen) atoms. The maximum atomic E-state index is 12.2. The lowest BCUT2D eigenvalue weighted by atomic mass is 10.2. The first-order chi connectivity index (χ1) is 10.1. The highest BCUT2D eigenvalue weighted by Gasteiger charge is 2.16.